The Bertz CT molecular complexity index is 530. The molecule has 0 saturated carbocycles. The van der Waals surface area contributed by atoms with Gasteiger partial charge in [0, 0.05) is 22.8 Å². The Labute approximate surface area is 158 Å². The Hall–Kier alpha value is -0.990. The lowest BCUT2D eigenvalue weighted by Gasteiger charge is -2.40. The number of carbonyl (C=O) groups is 2. The van der Waals surface area contributed by atoms with E-state index >= 15 is 0 Å². The highest BCUT2D eigenvalue weighted by Crippen LogP contribution is 2.36. The topological polar surface area (TPSA) is 83.1 Å². The van der Waals surface area contributed by atoms with Crippen LogP contribution >= 0.6 is 11.8 Å². The maximum Gasteiger partial charge on any atom is 0.407 e. The highest BCUT2D eigenvalue weighted by atomic mass is 32.2. The number of ether oxygens (including phenoxy) is 4. The number of thioether (sulfide) groups is 1. The molecule has 3 rings (SSSR count). The quantitative estimate of drug-likeness (QED) is 0.531. The van der Waals surface area contributed by atoms with Crippen LogP contribution in [0.4, 0.5) is 4.79 Å². The van der Waals surface area contributed by atoms with Gasteiger partial charge in [-0.25, -0.2) is 4.79 Å². The van der Waals surface area contributed by atoms with Gasteiger partial charge in [0.05, 0.1) is 19.3 Å². The Kier molecular flexibility index (Phi) is 6.04. The Morgan fingerprint density at radius 3 is 2.73 bits per heavy atom. The summed E-state index contributed by atoms with van der Waals surface area (Å²) >= 11 is 1.84. The van der Waals surface area contributed by atoms with Gasteiger partial charge < -0.3 is 24.3 Å². The van der Waals surface area contributed by atoms with Crippen LogP contribution in [0.5, 0.6) is 0 Å². The van der Waals surface area contributed by atoms with Gasteiger partial charge in [-0.15, -0.1) is 0 Å². The molecule has 26 heavy (non-hydrogen) atoms. The number of esters is 1. The third-order valence-electron chi connectivity index (χ3n) is 5.04. The summed E-state index contributed by atoms with van der Waals surface area (Å²) in [6, 6.07) is 0.146. The van der Waals surface area contributed by atoms with Crippen LogP contribution in [-0.2, 0) is 23.7 Å². The summed E-state index contributed by atoms with van der Waals surface area (Å²) in [6.45, 7) is 7.10. The number of amides is 1. The minimum atomic E-state index is -0.566. The largest absolute Gasteiger partial charge is 0.465 e. The lowest BCUT2D eigenvalue weighted by atomic mass is 9.93. The van der Waals surface area contributed by atoms with Crippen molar-refractivity contribution in [2.24, 2.45) is 5.41 Å². The van der Waals surface area contributed by atoms with Gasteiger partial charge >= 0.3 is 12.1 Å². The summed E-state index contributed by atoms with van der Waals surface area (Å²) in [7, 11) is 0. The molecule has 0 aromatic carbocycles. The van der Waals surface area contributed by atoms with Crippen LogP contribution in [0.3, 0.4) is 0 Å². The molecule has 3 aliphatic rings. The highest BCUT2D eigenvalue weighted by Gasteiger charge is 2.44. The van der Waals surface area contributed by atoms with Crippen LogP contribution in [-0.4, -0.2) is 60.8 Å². The first-order valence-electron chi connectivity index (χ1n) is 9.29. The second kappa shape index (κ2) is 7.94. The van der Waals surface area contributed by atoms with Crippen molar-refractivity contribution in [2.75, 3.05) is 25.6 Å². The fourth-order valence-electron chi connectivity index (χ4n) is 3.32. The molecule has 0 aromatic heterocycles. The van der Waals surface area contributed by atoms with Crippen LogP contribution in [0, 0.1) is 5.41 Å². The van der Waals surface area contributed by atoms with Gasteiger partial charge in [-0.05, 0) is 26.7 Å². The van der Waals surface area contributed by atoms with Gasteiger partial charge in [0.15, 0.2) is 5.79 Å². The molecule has 1 amide bonds. The molecule has 8 heteroatoms. The van der Waals surface area contributed by atoms with Crippen molar-refractivity contribution in [3.63, 3.8) is 0 Å². The average Bonchev–Trinajstić information content (AvgIpc) is 3.13. The molecular weight excluding hydrogens is 358 g/mol. The van der Waals surface area contributed by atoms with E-state index in [-0.39, 0.29) is 29.6 Å². The fourth-order valence-corrected chi connectivity index (χ4v) is 4.81. The molecule has 0 aliphatic carbocycles. The summed E-state index contributed by atoms with van der Waals surface area (Å²) in [4.78, 5) is 23.3. The first kappa shape index (κ1) is 19.8. The summed E-state index contributed by atoms with van der Waals surface area (Å²) in [5.74, 6) is 0.161. The molecule has 3 aliphatic heterocycles. The molecule has 0 aromatic rings. The van der Waals surface area contributed by atoms with Crippen molar-refractivity contribution < 1.29 is 28.5 Å². The van der Waals surface area contributed by atoms with Gasteiger partial charge in [0.25, 0.3) is 0 Å². The van der Waals surface area contributed by atoms with E-state index in [0.29, 0.717) is 31.5 Å². The van der Waals surface area contributed by atoms with E-state index in [2.05, 4.69) is 5.32 Å². The molecule has 3 fully saturated rings. The maximum absolute atomic E-state index is 12.0. The van der Waals surface area contributed by atoms with Crippen LogP contribution in [0.15, 0.2) is 0 Å². The maximum atomic E-state index is 12.0. The van der Waals surface area contributed by atoms with E-state index in [0.717, 1.165) is 25.0 Å². The minimum absolute atomic E-state index is 0.0186. The second-order valence-corrected chi connectivity index (χ2v) is 9.46. The summed E-state index contributed by atoms with van der Waals surface area (Å²) in [6.07, 6.45) is 2.74. The summed E-state index contributed by atoms with van der Waals surface area (Å²) < 4.78 is 22.1. The molecule has 3 saturated heterocycles. The highest BCUT2D eigenvalue weighted by molar-refractivity contribution is 8.00. The number of unbranched alkanes of at least 4 members (excludes halogenated alkanes) is 1. The number of hydrogen-bond donors (Lipinski definition) is 1. The van der Waals surface area contributed by atoms with E-state index in [1.54, 1.807) is 0 Å². The lowest BCUT2D eigenvalue weighted by molar-refractivity contribution is -0.287. The van der Waals surface area contributed by atoms with E-state index in [1.807, 2.05) is 32.5 Å². The SMILES string of the molecule is CC1(COC(=O)CCCC[C@@H]2SCC3NC(=O)O[C@@H]32)COC(C)(C)OC1. The molecule has 3 heterocycles. The van der Waals surface area contributed by atoms with E-state index < -0.39 is 5.79 Å². The van der Waals surface area contributed by atoms with Gasteiger partial charge in [-0.2, -0.15) is 11.8 Å². The summed E-state index contributed by atoms with van der Waals surface area (Å²) in [5.41, 5.74) is -0.292. The molecule has 0 bridgehead atoms. The van der Waals surface area contributed by atoms with Crippen LogP contribution in [0.1, 0.15) is 46.5 Å². The number of hydrogen-bond acceptors (Lipinski definition) is 7. The minimum Gasteiger partial charge on any atom is -0.465 e. The molecular formula is C18H29NO6S. The number of fused-ring (bicyclic) bond motifs is 1. The van der Waals surface area contributed by atoms with Crippen molar-refractivity contribution >= 4 is 23.8 Å². The third kappa shape index (κ3) is 5.04. The monoisotopic (exact) mass is 387 g/mol. The van der Waals surface area contributed by atoms with E-state index in [9.17, 15) is 9.59 Å². The zero-order valence-corrected chi connectivity index (χ0v) is 16.6. The van der Waals surface area contributed by atoms with Crippen molar-refractivity contribution in [2.45, 2.75) is 69.6 Å². The third-order valence-corrected chi connectivity index (χ3v) is 6.52. The van der Waals surface area contributed by atoms with Gasteiger partial charge in [0.1, 0.15) is 12.7 Å². The molecule has 0 spiro atoms. The standard InChI is InChI=1S/C18H29NO6S/c1-17(2)23-10-18(3,11-24-17)9-22-14(20)7-5-4-6-13-15-12(8-26-13)19-16(21)25-15/h12-13,15H,4-11H2,1-3H3,(H,19,21)/t12?,13-,15-/m0/s1. The van der Waals surface area contributed by atoms with Crippen molar-refractivity contribution in [1.82, 2.24) is 5.32 Å². The van der Waals surface area contributed by atoms with Crippen LogP contribution in [0.25, 0.3) is 0 Å². The van der Waals surface area contributed by atoms with Crippen LogP contribution < -0.4 is 5.32 Å². The first-order chi connectivity index (χ1) is 12.3. The van der Waals surface area contributed by atoms with Gasteiger partial charge in [0.2, 0.25) is 0 Å². The first-order valence-corrected chi connectivity index (χ1v) is 10.3. The smallest absolute Gasteiger partial charge is 0.407 e. The zero-order valence-electron chi connectivity index (χ0n) is 15.7. The molecule has 148 valence electrons. The zero-order chi connectivity index (χ0) is 18.8. The Balaban J connectivity index is 1.28. The lowest BCUT2D eigenvalue weighted by Crippen LogP contribution is -2.47. The predicted molar refractivity (Wildman–Crippen MR) is 97.0 cm³/mol. The Morgan fingerprint density at radius 2 is 2.00 bits per heavy atom. The number of alkyl carbamates (subject to hydrolysis) is 1. The van der Waals surface area contributed by atoms with Crippen molar-refractivity contribution in [1.29, 1.82) is 0 Å². The molecule has 7 nitrogen and oxygen atoms in total. The van der Waals surface area contributed by atoms with Crippen LogP contribution in [0.2, 0.25) is 0 Å². The van der Waals surface area contributed by atoms with Crippen molar-refractivity contribution in [3.8, 4) is 0 Å². The average molecular weight is 387 g/mol. The number of carbonyl (C=O) groups excluding carboxylic acids is 2. The molecule has 0 radical (unpaired) electrons. The second-order valence-electron chi connectivity index (χ2n) is 8.19. The number of nitrogens with one attached hydrogen (secondary N) is 1. The fraction of sp³-hybridized carbons (Fsp3) is 0.889. The molecule has 1 N–H and O–H groups in total. The van der Waals surface area contributed by atoms with Crippen molar-refractivity contribution in [3.05, 3.63) is 0 Å². The molecule has 1 unspecified atom stereocenters. The van der Waals surface area contributed by atoms with Gasteiger partial charge in [-0.3, -0.25) is 4.79 Å². The van der Waals surface area contributed by atoms with Gasteiger partial charge in [-0.1, -0.05) is 13.3 Å². The van der Waals surface area contributed by atoms with E-state index in [1.165, 1.54) is 0 Å². The molecule has 3 atom stereocenters. The normalized spacial score (nSPS) is 31.8. The predicted octanol–water partition coefficient (Wildman–Crippen LogP) is 2.47. The van der Waals surface area contributed by atoms with E-state index in [4.69, 9.17) is 18.9 Å². The number of rotatable bonds is 7. The Morgan fingerprint density at radius 1 is 1.27 bits per heavy atom. The summed E-state index contributed by atoms with van der Waals surface area (Å²) in [5, 5.41) is 3.16.